The SMILES string of the molecule is O=S(=O)(c1cn[nH]c1C1CCC1)N1C[C@@H]2COC[C@]2(CN2CCCCC2)C1. The van der Waals surface area contributed by atoms with Gasteiger partial charge in [-0.3, -0.25) is 5.10 Å². The Morgan fingerprint density at radius 2 is 2.04 bits per heavy atom. The molecule has 0 aromatic carbocycles. The summed E-state index contributed by atoms with van der Waals surface area (Å²) in [5, 5.41) is 7.06. The fourth-order valence-electron chi connectivity index (χ4n) is 5.37. The number of piperidine rings is 1. The van der Waals surface area contributed by atoms with Gasteiger partial charge in [-0.25, -0.2) is 8.42 Å². The molecule has 0 radical (unpaired) electrons. The molecule has 27 heavy (non-hydrogen) atoms. The van der Waals surface area contributed by atoms with Gasteiger partial charge in [0, 0.05) is 36.9 Å². The molecule has 0 bridgehead atoms. The molecule has 0 unspecified atom stereocenters. The third kappa shape index (κ3) is 3.05. The van der Waals surface area contributed by atoms with Crippen molar-refractivity contribution in [3.63, 3.8) is 0 Å². The van der Waals surface area contributed by atoms with Crippen LogP contribution in [-0.4, -0.2) is 73.8 Å². The van der Waals surface area contributed by atoms with Crippen LogP contribution in [0, 0.1) is 11.3 Å². The normalized spacial score (nSPS) is 33.3. The van der Waals surface area contributed by atoms with E-state index < -0.39 is 10.0 Å². The van der Waals surface area contributed by atoms with E-state index in [1.54, 1.807) is 4.31 Å². The molecule has 1 aromatic rings. The van der Waals surface area contributed by atoms with Crippen LogP contribution in [0.4, 0.5) is 0 Å². The maximum absolute atomic E-state index is 13.4. The first-order valence-corrected chi connectivity index (χ1v) is 11.9. The van der Waals surface area contributed by atoms with E-state index in [1.165, 1.54) is 31.9 Å². The molecule has 1 saturated carbocycles. The highest BCUT2D eigenvalue weighted by Gasteiger charge is 2.54. The molecule has 5 rings (SSSR count). The average Bonchev–Trinajstić information content (AvgIpc) is 3.28. The summed E-state index contributed by atoms with van der Waals surface area (Å²) in [4.78, 5) is 2.93. The van der Waals surface area contributed by atoms with Crippen LogP contribution >= 0.6 is 0 Å². The highest BCUT2D eigenvalue weighted by molar-refractivity contribution is 7.89. The van der Waals surface area contributed by atoms with Crippen molar-refractivity contribution in [2.75, 3.05) is 45.9 Å². The Morgan fingerprint density at radius 1 is 1.22 bits per heavy atom. The maximum atomic E-state index is 13.4. The van der Waals surface area contributed by atoms with E-state index in [-0.39, 0.29) is 5.41 Å². The van der Waals surface area contributed by atoms with Gasteiger partial charge >= 0.3 is 0 Å². The molecule has 1 N–H and O–H groups in total. The van der Waals surface area contributed by atoms with Crippen LogP contribution in [0.3, 0.4) is 0 Å². The molecule has 1 aromatic heterocycles. The van der Waals surface area contributed by atoms with Gasteiger partial charge in [0.15, 0.2) is 0 Å². The lowest BCUT2D eigenvalue weighted by Crippen LogP contribution is -2.45. The molecule has 0 spiro atoms. The fourth-order valence-corrected chi connectivity index (χ4v) is 7.13. The van der Waals surface area contributed by atoms with Crippen molar-refractivity contribution in [1.29, 1.82) is 0 Å². The first kappa shape index (κ1) is 18.1. The number of fused-ring (bicyclic) bond motifs is 1. The lowest BCUT2D eigenvalue weighted by molar-refractivity contribution is 0.0962. The number of ether oxygens (including phenoxy) is 1. The van der Waals surface area contributed by atoms with Gasteiger partial charge in [0.2, 0.25) is 10.0 Å². The Balaban J connectivity index is 1.38. The zero-order valence-electron chi connectivity index (χ0n) is 15.9. The van der Waals surface area contributed by atoms with E-state index in [2.05, 4.69) is 15.1 Å². The lowest BCUT2D eigenvalue weighted by Gasteiger charge is -2.36. The summed E-state index contributed by atoms with van der Waals surface area (Å²) in [6.45, 7) is 5.74. The number of nitrogens with zero attached hydrogens (tertiary/aromatic N) is 3. The summed E-state index contributed by atoms with van der Waals surface area (Å²) in [6, 6.07) is 0. The highest BCUT2D eigenvalue weighted by Crippen LogP contribution is 2.45. The molecule has 7 nitrogen and oxygen atoms in total. The van der Waals surface area contributed by atoms with Crippen LogP contribution in [0.5, 0.6) is 0 Å². The van der Waals surface area contributed by atoms with Gasteiger partial charge in [-0.15, -0.1) is 0 Å². The number of H-pyrrole nitrogens is 1. The van der Waals surface area contributed by atoms with Gasteiger partial charge in [-0.1, -0.05) is 12.8 Å². The quantitative estimate of drug-likeness (QED) is 0.824. The van der Waals surface area contributed by atoms with E-state index in [9.17, 15) is 8.42 Å². The van der Waals surface area contributed by atoms with Gasteiger partial charge in [0.05, 0.1) is 25.1 Å². The van der Waals surface area contributed by atoms with E-state index in [4.69, 9.17) is 4.74 Å². The van der Waals surface area contributed by atoms with Gasteiger partial charge in [-0.05, 0) is 38.8 Å². The maximum Gasteiger partial charge on any atom is 0.246 e. The van der Waals surface area contributed by atoms with E-state index in [0.29, 0.717) is 43.0 Å². The van der Waals surface area contributed by atoms with Crippen molar-refractivity contribution in [3.05, 3.63) is 11.9 Å². The largest absolute Gasteiger partial charge is 0.380 e. The number of hydrogen-bond donors (Lipinski definition) is 1. The fraction of sp³-hybridized carbons (Fsp3) is 0.842. The minimum atomic E-state index is -3.50. The molecule has 2 atom stereocenters. The smallest absolute Gasteiger partial charge is 0.246 e. The lowest BCUT2D eigenvalue weighted by atomic mass is 9.80. The van der Waals surface area contributed by atoms with Crippen molar-refractivity contribution < 1.29 is 13.2 Å². The Bertz CT molecular complexity index is 785. The van der Waals surface area contributed by atoms with Crippen molar-refractivity contribution in [3.8, 4) is 0 Å². The average molecular weight is 395 g/mol. The van der Waals surface area contributed by atoms with Crippen LogP contribution in [-0.2, 0) is 14.8 Å². The van der Waals surface area contributed by atoms with Crippen molar-refractivity contribution in [2.45, 2.75) is 49.3 Å². The number of hydrogen-bond acceptors (Lipinski definition) is 5. The Kier molecular flexibility index (Phi) is 4.57. The Labute approximate surface area is 161 Å². The molecule has 3 aliphatic heterocycles. The minimum Gasteiger partial charge on any atom is -0.380 e. The predicted octanol–water partition coefficient (Wildman–Crippen LogP) is 1.80. The molecular formula is C19H30N4O3S. The van der Waals surface area contributed by atoms with E-state index >= 15 is 0 Å². The number of nitrogens with one attached hydrogen (secondary N) is 1. The van der Waals surface area contributed by atoms with Crippen LogP contribution in [0.25, 0.3) is 0 Å². The molecule has 150 valence electrons. The number of rotatable bonds is 5. The summed E-state index contributed by atoms with van der Waals surface area (Å²) in [7, 11) is -3.50. The third-order valence-electron chi connectivity index (χ3n) is 7.24. The first-order chi connectivity index (χ1) is 13.1. The van der Waals surface area contributed by atoms with Crippen LogP contribution in [0.1, 0.15) is 50.1 Å². The number of aromatic amines is 1. The van der Waals surface area contributed by atoms with Crippen LogP contribution in [0.15, 0.2) is 11.1 Å². The summed E-state index contributed by atoms with van der Waals surface area (Å²) in [6.07, 6.45) is 8.62. The Morgan fingerprint density at radius 3 is 2.78 bits per heavy atom. The Hall–Kier alpha value is -0.960. The number of aromatic nitrogens is 2. The van der Waals surface area contributed by atoms with E-state index in [0.717, 1.165) is 38.2 Å². The summed E-state index contributed by atoms with van der Waals surface area (Å²) < 4.78 is 34.4. The summed E-state index contributed by atoms with van der Waals surface area (Å²) in [5.74, 6) is 0.623. The van der Waals surface area contributed by atoms with Crippen LogP contribution < -0.4 is 0 Å². The van der Waals surface area contributed by atoms with Crippen molar-refractivity contribution in [2.24, 2.45) is 11.3 Å². The van der Waals surface area contributed by atoms with Gasteiger partial charge < -0.3 is 9.64 Å². The second-order valence-corrected chi connectivity index (χ2v) is 10.9. The van der Waals surface area contributed by atoms with Gasteiger partial charge in [0.25, 0.3) is 0 Å². The molecule has 4 fully saturated rings. The molecule has 3 saturated heterocycles. The second kappa shape index (κ2) is 6.83. The molecule has 1 aliphatic carbocycles. The highest BCUT2D eigenvalue weighted by atomic mass is 32.2. The zero-order chi connectivity index (χ0) is 18.5. The van der Waals surface area contributed by atoms with Crippen molar-refractivity contribution in [1.82, 2.24) is 19.4 Å². The third-order valence-corrected chi connectivity index (χ3v) is 9.08. The first-order valence-electron chi connectivity index (χ1n) is 10.4. The predicted molar refractivity (Wildman–Crippen MR) is 101 cm³/mol. The number of likely N-dealkylation sites (tertiary alicyclic amines) is 1. The summed E-state index contributed by atoms with van der Waals surface area (Å²) >= 11 is 0. The minimum absolute atomic E-state index is 0.0508. The summed E-state index contributed by atoms with van der Waals surface area (Å²) in [5.41, 5.74) is 0.768. The van der Waals surface area contributed by atoms with Crippen LogP contribution in [0.2, 0.25) is 0 Å². The molecular weight excluding hydrogens is 364 g/mol. The second-order valence-electron chi connectivity index (χ2n) is 8.98. The monoisotopic (exact) mass is 394 g/mol. The molecule has 0 amide bonds. The van der Waals surface area contributed by atoms with Gasteiger partial charge in [-0.2, -0.15) is 9.40 Å². The molecule has 8 heteroatoms. The standard InChI is InChI=1S/C19H30N4O3S/c24-27(25,17-9-20-21-18(17)15-5-4-6-15)23-10-16-11-26-14-19(16,13-23)12-22-7-2-1-3-8-22/h9,15-16H,1-8,10-14H2,(H,20,21)/t16-,19+/m1/s1. The molecule has 4 aliphatic rings. The molecule has 4 heterocycles. The zero-order valence-corrected chi connectivity index (χ0v) is 16.7. The van der Waals surface area contributed by atoms with Gasteiger partial charge in [0.1, 0.15) is 4.90 Å². The number of sulfonamides is 1. The van der Waals surface area contributed by atoms with E-state index in [1.807, 2.05) is 0 Å². The van der Waals surface area contributed by atoms with Crippen molar-refractivity contribution >= 4 is 10.0 Å². The topological polar surface area (TPSA) is 78.5 Å².